The molecule has 0 fully saturated rings. The Morgan fingerprint density at radius 2 is 2.19 bits per heavy atom. The van der Waals surface area contributed by atoms with E-state index in [2.05, 4.69) is 4.98 Å². The van der Waals surface area contributed by atoms with Gasteiger partial charge in [0.1, 0.15) is 0 Å². The summed E-state index contributed by atoms with van der Waals surface area (Å²) in [6.07, 6.45) is 0.550. The third-order valence-electron chi connectivity index (χ3n) is 2.50. The summed E-state index contributed by atoms with van der Waals surface area (Å²) in [5.74, 6) is -1.01. The molecule has 0 saturated carbocycles. The molecule has 16 heavy (non-hydrogen) atoms. The van der Waals surface area contributed by atoms with Crippen LogP contribution in [0.4, 0.5) is 0 Å². The molecule has 0 aliphatic carbocycles. The van der Waals surface area contributed by atoms with Crippen molar-refractivity contribution in [2.45, 2.75) is 25.4 Å². The van der Waals surface area contributed by atoms with E-state index in [0.29, 0.717) is 10.7 Å². The van der Waals surface area contributed by atoms with Crippen LogP contribution in [0.15, 0.2) is 18.3 Å². The second-order valence-corrected chi connectivity index (χ2v) is 4.47. The summed E-state index contributed by atoms with van der Waals surface area (Å²) in [5, 5.41) is 9.56. The standard InChI is InChI=1S/C11H14ClNO3/c1-11(2,9(16-3)10(14)15)8-5-4-7(12)6-13-8/h4-6,9H,1-3H3,(H,14,15). The topological polar surface area (TPSA) is 59.4 Å². The molecule has 0 bridgehead atoms. The minimum absolute atomic E-state index is 0.517. The lowest BCUT2D eigenvalue weighted by molar-refractivity contribution is -0.152. The van der Waals surface area contributed by atoms with Gasteiger partial charge in [0, 0.05) is 24.4 Å². The highest BCUT2D eigenvalue weighted by Crippen LogP contribution is 2.28. The van der Waals surface area contributed by atoms with Crippen LogP contribution in [0, 0.1) is 0 Å². The van der Waals surface area contributed by atoms with Crippen molar-refractivity contribution in [2.24, 2.45) is 0 Å². The van der Waals surface area contributed by atoms with E-state index < -0.39 is 17.5 Å². The number of ether oxygens (including phenoxy) is 1. The number of nitrogens with zero attached hydrogens (tertiary/aromatic N) is 1. The third kappa shape index (κ3) is 2.51. The number of pyridine rings is 1. The van der Waals surface area contributed by atoms with E-state index in [0.717, 1.165) is 0 Å². The van der Waals surface area contributed by atoms with Crippen LogP contribution in [0.3, 0.4) is 0 Å². The Bertz CT molecular complexity index is 375. The van der Waals surface area contributed by atoms with Gasteiger partial charge in [-0.1, -0.05) is 25.4 Å². The fourth-order valence-electron chi connectivity index (χ4n) is 1.60. The predicted octanol–water partition coefficient (Wildman–Crippen LogP) is 2.11. The molecule has 0 radical (unpaired) electrons. The maximum absolute atomic E-state index is 11.0. The summed E-state index contributed by atoms with van der Waals surface area (Å²) >= 11 is 5.73. The van der Waals surface area contributed by atoms with Crippen molar-refractivity contribution in [1.29, 1.82) is 0 Å². The molecule has 0 spiro atoms. The number of methoxy groups -OCH3 is 1. The number of hydrogen-bond donors (Lipinski definition) is 1. The van der Waals surface area contributed by atoms with E-state index >= 15 is 0 Å². The van der Waals surface area contributed by atoms with Crippen LogP contribution in [0.1, 0.15) is 19.5 Å². The van der Waals surface area contributed by atoms with Crippen LogP contribution >= 0.6 is 11.6 Å². The average Bonchev–Trinajstić information content (AvgIpc) is 2.18. The van der Waals surface area contributed by atoms with Gasteiger partial charge in [0.2, 0.25) is 0 Å². The summed E-state index contributed by atoms with van der Waals surface area (Å²) in [6.45, 7) is 3.54. The van der Waals surface area contributed by atoms with Gasteiger partial charge in [0.05, 0.1) is 5.02 Å². The van der Waals surface area contributed by atoms with Gasteiger partial charge in [-0.25, -0.2) is 4.79 Å². The molecular formula is C11H14ClNO3. The Balaban J connectivity index is 3.08. The molecule has 1 unspecified atom stereocenters. The summed E-state index contributed by atoms with van der Waals surface area (Å²) in [7, 11) is 1.37. The van der Waals surface area contributed by atoms with E-state index in [1.807, 2.05) is 0 Å². The molecule has 1 atom stereocenters. The second kappa shape index (κ2) is 4.80. The third-order valence-corrected chi connectivity index (χ3v) is 2.73. The average molecular weight is 244 g/mol. The summed E-state index contributed by atoms with van der Waals surface area (Å²) in [4.78, 5) is 15.2. The highest BCUT2D eigenvalue weighted by Gasteiger charge is 2.38. The van der Waals surface area contributed by atoms with Gasteiger partial charge in [0.25, 0.3) is 0 Å². The molecular weight excluding hydrogens is 230 g/mol. The SMILES string of the molecule is COC(C(=O)O)C(C)(C)c1ccc(Cl)cn1. The van der Waals surface area contributed by atoms with Gasteiger partial charge in [-0.05, 0) is 12.1 Å². The van der Waals surface area contributed by atoms with Crippen molar-refractivity contribution in [2.75, 3.05) is 7.11 Å². The molecule has 0 aliphatic heterocycles. The van der Waals surface area contributed by atoms with E-state index in [4.69, 9.17) is 21.4 Å². The fraction of sp³-hybridized carbons (Fsp3) is 0.455. The fourth-order valence-corrected chi connectivity index (χ4v) is 1.71. The molecule has 1 aromatic rings. The molecule has 1 N–H and O–H groups in total. The molecule has 5 heteroatoms. The van der Waals surface area contributed by atoms with Crippen molar-refractivity contribution in [3.05, 3.63) is 29.0 Å². The number of carboxylic acid groups (broad SMARTS) is 1. The number of carbonyl (C=O) groups is 1. The van der Waals surface area contributed by atoms with Gasteiger partial charge < -0.3 is 9.84 Å². The quantitative estimate of drug-likeness (QED) is 0.880. The van der Waals surface area contributed by atoms with Gasteiger partial charge >= 0.3 is 5.97 Å². The Kier molecular flexibility index (Phi) is 3.88. The van der Waals surface area contributed by atoms with E-state index in [1.54, 1.807) is 26.0 Å². The van der Waals surface area contributed by atoms with Gasteiger partial charge in [-0.2, -0.15) is 0 Å². The summed E-state index contributed by atoms with van der Waals surface area (Å²) < 4.78 is 4.99. The van der Waals surface area contributed by atoms with Crippen LogP contribution < -0.4 is 0 Å². The molecule has 88 valence electrons. The minimum atomic E-state index is -1.01. The number of carboxylic acids is 1. The first-order valence-corrected chi connectivity index (χ1v) is 5.15. The van der Waals surface area contributed by atoms with Crippen molar-refractivity contribution >= 4 is 17.6 Å². The number of halogens is 1. The number of rotatable bonds is 4. The van der Waals surface area contributed by atoms with E-state index in [9.17, 15) is 4.79 Å². The predicted molar refractivity (Wildman–Crippen MR) is 60.7 cm³/mol. The maximum Gasteiger partial charge on any atom is 0.333 e. The van der Waals surface area contributed by atoms with Crippen molar-refractivity contribution in [3.63, 3.8) is 0 Å². The first-order valence-electron chi connectivity index (χ1n) is 4.77. The van der Waals surface area contributed by atoms with Crippen molar-refractivity contribution in [3.8, 4) is 0 Å². The Morgan fingerprint density at radius 3 is 2.56 bits per heavy atom. The van der Waals surface area contributed by atoms with Crippen LogP contribution in [-0.4, -0.2) is 29.3 Å². The second-order valence-electron chi connectivity index (χ2n) is 4.04. The highest BCUT2D eigenvalue weighted by molar-refractivity contribution is 6.30. The molecule has 0 aliphatic rings. The molecule has 1 rings (SSSR count). The minimum Gasteiger partial charge on any atom is -0.479 e. The molecule has 0 saturated heterocycles. The smallest absolute Gasteiger partial charge is 0.333 e. The van der Waals surface area contributed by atoms with Gasteiger partial charge in [-0.3, -0.25) is 4.98 Å². The van der Waals surface area contributed by atoms with Crippen LogP contribution in [0.5, 0.6) is 0 Å². The molecule has 0 amide bonds. The highest BCUT2D eigenvalue weighted by atomic mass is 35.5. The van der Waals surface area contributed by atoms with Crippen LogP contribution in [-0.2, 0) is 14.9 Å². The van der Waals surface area contributed by atoms with E-state index in [-0.39, 0.29) is 0 Å². The zero-order chi connectivity index (χ0) is 12.3. The normalized spacial score (nSPS) is 13.5. The largest absolute Gasteiger partial charge is 0.479 e. The molecule has 0 aromatic carbocycles. The summed E-state index contributed by atoms with van der Waals surface area (Å²) in [6, 6.07) is 3.39. The zero-order valence-electron chi connectivity index (χ0n) is 9.40. The first-order chi connectivity index (χ1) is 7.39. The zero-order valence-corrected chi connectivity index (χ0v) is 10.2. The van der Waals surface area contributed by atoms with Crippen molar-refractivity contribution < 1.29 is 14.6 Å². The molecule has 4 nitrogen and oxygen atoms in total. The monoisotopic (exact) mass is 243 g/mol. The lowest BCUT2D eigenvalue weighted by Gasteiger charge is -2.29. The molecule has 1 heterocycles. The van der Waals surface area contributed by atoms with Gasteiger partial charge in [0.15, 0.2) is 6.10 Å². The molecule has 1 aromatic heterocycles. The lowest BCUT2D eigenvalue weighted by Crippen LogP contribution is -2.42. The number of hydrogen-bond acceptors (Lipinski definition) is 3. The maximum atomic E-state index is 11.0. The van der Waals surface area contributed by atoms with Gasteiger partial charge in [-0.15, -0.1) is 0 Å². The lowest BCUT2D eigenvalue weighted by atomic mass is 9.82. The van der Waals surface area contributed by atoms with Crippen LogP contribution in [0.25, 0.3) is 0 Å². The van der Waals surface area contributed by atoms with E-state index in [1.165, 1.54) is 13.3 Å². The number of aromatic nitrogens is 1. The summed E-state index contributed by atoms with van der Waals surface area (Å²) in [5.41, 5.74) is -0.0864. The number of aliphatic carboxylic acids is 1. The first kappa shape index (κ1) is 12.9. The van der Waals surface area contributed by atoms with Crippen LogP contribution in [0.2, 0.25) is 5.02 Å². The Hall–Kier alpha value is -1.13. The van der Waals surface area contributed by atoms with Crippen molar-refractivity contribution in [1.82, 2.24) is 4.98 Å². The Labute approximate surface area is 99.2 Å². The Morgan fingerprint density at radius 1 is 1.56 bits per heavy atom.